The van der Waals surface area contributed by atoms with Crippen molar-refractivity contribution >= 4 is 33.6 Å². The smallest absolute Gasteiger partial charge is 0.873 e. The largest absolute Gasteiger partial charge is 2.00 e. The Morgan fingerprint density at radius 3 is 1.43 bits per heavy atom. The van der Waals surface area contributed by atoms with Gasteiger partial charge in [-0.2, -0.15) is 0 Å². The maximum absolute atomic E-state index is 12.5. The van der Waals surface area contributed by atoms with Crippen molar-refractivity contribution in [2.75, 3.05) is 6.61 Å². The summed E-state index contributed by atoms with van der Waals surface area (Å²) < 4.78 is 5.75. The van der Waals surface area contributed by atoms with E-state index in [1.807, 2.05) is 48.5 Å². The summed E-state index contributed by atoms with van der Waals surface area (Å²) in [4.78, 5) is 10.4. The van der Waals surface area contributed by atoms with Gasteiger partial charge in [-0.1, -0.05) is 121 Å². The Balaban J connectivity index is 0.000000245. The summed E-state index contributed by atoms with van der Waals surface area (Å²) in [5, 5.41) is 27.3. The minimum Gasteiger partial charge on any atom is -0.873 e. The van der Waals surface area contributed by atoms with Crippen LogP contribution < -0.4 is 14.9 Å². The summed E-state index contributed by atoms with van der Waals surface area (Å²) in [7, 11) is 0. The molecule has 5 nitrogen and oxygen atoms in total. The van der Waals surface area contributed by atoms with Gasteiger partial charge in [0.2, 0.25) is 0 Å². The Labute approximate surface area is 314 Å². The van der Waals surface area contributed by atoms with Crippen molar-refractivity contribution in [1.29, 1.82) is 0 Å². The molecule has 5 aromatic rings. The summed E-state index contributed by atoms with van der Waals surface area (Å²) >= 11 is 0. The van der Waals surface area contributed by atoms with Crippen LogP contribution in [0.4, 0.5) is 11.4 Å². The number of benzene rings is 5. The van der Waals surface area contributed by atoms with Crippen molar-refractivity contribution in [3.63, 3.8) is 0 Å². The Morgan fingerprint density at radius 1 is 0.608 bits per heavy atom. The number of hydrogen-bond acceptors (Lipinski definition) is 5. The predicted molar refractivity (Wildman–Crippen MR) is 207 cm³/mol. The van der Waals surface area contributed by atoms with Crippen molar-refractivity contribution < 1.29 is 31.4 Å². The van der Waals surface area contributed by atoms with Crippen LogP contribution in [0.1, 0.15) is 99.4 Å². The zero-order valence-corrected chi connectivity index (χ0v) is 32.8. The topological polar surface area (TPSA) is 80.1 Å². The SMILES string of the molecule is CCCOc1cc(C(C)(C)C)c([O-])c([O-])c1C(C)(C)C.Cc1cccc(C)c1N=C1C(=Nc2c(C)cccc2C)c2cccc3cccc1c23.[Ni+2]. The first-order valence-corrected chi connectivity index (χ1v) is 17.6. The van der Waals surface area contributed by atoms with Crippen LogP contribution in [-0.4, -0.2) is 18.0 Å². The van der Waals surface area contributed by atoms with Crippen LogP contribution >= 0.6 is 0 Å². The van der Waals surface area contributed by atoms with Gasteiger partial charge in [0.25, 0.3) is 0 Å². The molecular formula is C45H50N2NiO3. The second kappa shape index (κ2) is 15.5. The van der Waals surface area contributed by atoms with Crippen LogP contribution in [0.15, 0.2) is 88.8 Å². The summed E-state index contributed by atoms with van der Waals surface area (Å²) in [5.74, 6) is -0.254. The monoisotopic (exact) mass is 724 g/mol. The fourth-order valence-corrected chi connectivity index (χ4v) is 6.61. The summed E-state index contributed by atoms with van der Waals surface area (Å²) in [6, 6.07) is 27.3. The second-order valence-electron chi connectivity index (χ2n) is 15.4. The van der Waals surface area contributed by atoms with E-state index in [1.165, 1.54) is 33.0 Å². The molecule has 0 amide bonds. The second-order valence-corrected chi connectivity index (χ2v) is 15.4. The maximum Gasteiger partial charge on any atom is 2.00 e. The maximum atomic E-state index is 12.5. The summed E-state index contributed by atoms with van der Waals surface area (Å²) in [6.07, 6.45) is 0.863. The molecule has 6 rings (SSSR count). The van der Waals surface area contributed by atoms with Crippen molar-refractivity contribution in [2.45, 2.75) is 93.4 Å². The number of hydrogen-bond donors (Lipinski definition) is 0. The van der Waals surface area contributed by atoms with Crippen LogP contribution in [0.5, 0.6) is 17.2 Å². The van der Waals surface area contributed by atoms with Gasteiger partial charge >= 0.3 is 16.5 Å². The summed E-state index contributed by atoms with van der Waals surface area (Å²) in [5.41, 5.74) is 11.3. The van der Waals surface area contributed by atoms with Crippen molar-refractivity contribution in [3.05, 3.63) is 123 Å². The molecule has 1 aliphatic rings. The molecule has 51 heavy (non-hydrogen) atoms. The zero-order chi connectivity index (χ0) is 36.5. The van der Waals surface area contributed by atoms with E-state index < -0.39 is 16.9 Å². The first-order chi connectivity index (χ1) is 23.5. The fraction of sp³-hybridized carbons (Fsp3) is 0.333. The van der Waals surface area contributed by atoms with Gasteiger partial charge in [0.15, 0.2) is 0 Å². The molecule has 0 heterocycles. The third-order valence-corrected chi connectivity index (χ3v) is 9.18. The van der Waals surface area contributed by atoms with Crippen LogP contribution in [0.2, 0.25) is 0 Å². The molecule has 0 atom stereocenters. The Bertz CT molecular complexity index is 1990. The Morgan fingerprint density at radius 2 is 1.04 bits per heavy atom. The van der Waals surface area contributed by atoms with Crippen molar-refractivity contribution in [2.24, 2.45) is 9.98 Å². The predicted octanol–water partition coefficient (Wildman–Crippen LogP) is 10.5. The van der Waals surface area contributed by atoms with Crippen molar-refractivity contribution in [3.8, 4) is 17.2 Å². The van der Waals surface area contributed by atoms with Gasteiger partial charge in [-0.15, -0.1) is 11.5 Å². The van der Waals surface area contributed by atoms with Crippen LogP contribution in [0, 0.1) is 27.7 Å². The van der Waals surface area contributed by atoms with Gasteiger partial charge in [-0.25, -0.2) is 9.98 Å². The molecule has 0 aliphatic heterocycles. The van der Waals surface area contributed by atoms with Gasteiger partial charge in [-0.05, 0) is 89.8 Å². The average Bonchev–Trinajstić information content (AvgIpc) is 3.33. The number of aliphatic imine (C=N–C) groups is 2. The molecule has 6 heteroatoms. The number of ether oxygens (including phenoxy) is 1. The normalized spacial score (nSPS) is 14.0. The average molecular weight is 726 g/mol. The number of rotatable bonds is 5. The van der Waals surface area contributed by atoms with Gasteiger partial charge in [0, 0.05) is 16.5 Å². The Kier molecular flexibility index (Phi) is 11.9. The number of para-hydroxylation sites is 2. The molecular weight excluding hydrogens is 675 g/mol. The first kappa shape index (κ1) is 39.4. The molecule has 0 radical (unpaired) electrons. The molecule has 0 N–H and O–H groups in total. The number of aryl methyl sites for hydroxylation is 4. The van der Waals surface area contributed by atoms with E-state index in [0.29, 0.717) is 23.5 Å². The minimum absolute atomic E-state index is 0. The van der Waals surface area contributed by atoms with Crippen LogP contribution in [0.3, 0.4) is 0 Å². The minimum atomic E-state index is -0.420. The Hall–Kier alpha value is -4.41. The molecule has 0 unspecified atom stereocenters. The molecule has 0 spiro atoms. The fourth-order valence-electron chi connectivity index (χ4n) is 6.61. The van der Waals surface area contributed by atoms with E-state index in [1.54, 1.807) is 6.07 Å². The molecule has 0 saturated carbocycles. The molecule has 0 aromatic heterocycles. The van der Waals surface area contributed by atoms with E-state index in [2.05, 4.69) is 100 Å². The van der Waals surface area contributed by atoms with Gasteiger partial charge in [0.05, 0.1) is 29.4 Å². The standard InChI is InChI=1S/C28H24N2.C17H28O3.Ni/c1-17-9-5-10-18(2)25(17)29-27-22-15-7-13-21-14-8-16-23(24(21)22)28(27)30-26-19(3)11-6-12-20(26)4;1-8-9-20-12-10-11(16(2,3)4)14(18)15(19)13(12)17(5,6)7;/h5-16H,1-4H3;10,18-19H,8-9H2,1-7H3;/q;;+2/p-2. The molecule has 1 aliphatic carbocycles. The molecule has 0 bridgehead atoms. The third kappa shape index (κ3) is 8.07. The summed E-state index contributed by atoms with van der Waals surface area (Å²) in [6.45, 7) is 22.6. The van der Waals surface area contributed by atoms with Crippen LogP contribution in [-0.2, 0) is 27.3 Å². The van der Waals surface area contributed by atoms with Gasteiger partial charge in [-0.3, -0.25) is 0 Å². The van der Waals surface area contributed by atoms with E-state index >= 15 is 0 Å². The van der Waals surface area contributed by atoms with E-state index in [4.69, 9.17) is 14.7 Å². The molecule has 5 aromatic carbocycles. The van der Waals surface area contributed by atoms with E-state index in [-0.39, 0.29) is 21.9 Å². The first-order valence-electron chi connectivity index (χ1n) is 17.6. The molecule has 0 saturated heterocycles. The van der Waals surface area contributed by atoms with Gasteiger partial charge in [0.1, 0.15) is 5.75 Å². The van der Waals surface area contributed by atoms with E-state index in [0.717, 1.165) is 40.3 Å². The van der Waals surface area contributed by atoms with Crippen molar-refractivity contribution in [1.82, 2.24) is 0 Å². The third-order valence-electron chi connectivity index (χ3n) is 9.18. The number of nitrogens with zero attached hydrogens (tertiary/aromatic N) is 2. The van der Waals surface area contributed by atoms with Gasteiger partial charge < -0.3 is 14.9 Å². The van der Waals surface area contributed by atoms with E-state index in [9.17, 15) is 10.2 Å². The molecule has 268 valence electrons. The zero-order valence-electron chi connectivity index (χ0n) is 31.9. The molecule has 0 fully saturated rings. The van der Waals surface area contributed by atoms with Crippen LogP contribution in [0.25, 0.3) is 10.8 Å². The quantitative estimate of drug-likeness (QED) is 0.169.